The molecule has 3 N–H and O–H groups in total. The van der Waals surface area contributed by atoms with Gasteiger partial charge >= 0.3 is 0 Å². The Morgan fingerprint density at radius 1 is 1.32 bits per heavy atom. The molecule has 3 rings (SSSR count). The normalized spacial score (nSPS) is 26.6. The van der Waals surface area contributed by atoms with Crippen LogP contribution in [0.25, 0.3) is 0 Å². The average Bonchev–Trinajstić information content (AvgIpc) is 3.19. The molecule has 0 aliphatic heterocycles. The van der Waals surface area contributed by atoms with Crippen LogP contribution in [0.2, 0.25) is 10.0 Å². The molecule has 1 aromatic carbocycles. The number of rotatable bonds is 4. The van der Waals surface area contributed by atoms with Crippen LogP contribution in [0, 0.1) is 17.2 Å². The molecule has 0 spiro atoms. The van der Waals surface area contributed by atoms with Crippen LogP contribution in [0.4, 0.5) is 4.39 Å². The second kappa shape index (κ2) is 7.42. The summed E-state index contributed by atoms with van der Waals surface area (Å²) in [6, 6.07) is 2.37. The monoisotopic (exact) mass is 386 g/mol. The van der Waals surface area contributed by atoms with Gasteiger partial charge in [-0.3, -0.25) is 4.79 Å². The van der Waals surface area contributed by atoms with Crippen LogP contribution in [0.15, 0.2) is 12.1 Å². The minimum absolute atomic E-state index is 0.0542. The van der Waals surface area contributed by atoms with E-state index in [0.29, 0.717) is 17.0 Å². The van der Waals surface area contributed by atoms with E-state index in [9.17, 15) is 9.18 Å². The maximum Gasteiger partial charge on any atom is 0.223 e. The fraction of sp³-hybridized carbons (Fsp3) is 0.632. The number of carbonyl (C=O) groups is 1. The van der Waals surface area contributed by atoms with E-state index in [1.807, 2.05) is 0 Å². The quantitative estimate of drug-likeness (QED) is 0.715. The Labute approximate surface area is 158 Å². The number of halogens is 3. The van der Waals surface area contributed by atoms with Gasteiger partial charge in [0, 0.05) is 17.5 Å². The molecule has 0 bridgehead atoms. The SMILES string of the molecule is CC1(C(NC(=O)[C@@H]2CC[C@@H](N)C2)c2c(F)ccc(Cl)c2Cl)CCCC1. The van der Waals surface area contributed by atoms with Crippen molar-refractivity contribution in [3.05, 3.63) is 33.6 Å². The van der Waals surface area contributed by atoms with E-state index in [4.69, 9.17) is 28.9 Å². The first-order valence-corrected chi connectivity index (χ1v) is 9.77. The summed E-state index contributed by atoms with van der Waals surface area (Å²) in [6.45, 7) is 2.10. The van der Waals surface area contributed by atoms with E-state index in [-0.39, 0.29) is 28.3 Å². The molecule has 0 saturated heterocycles. The first-order valence-electron chi connectivity index (χ1n) is 9.01. The summed E-state index contributed by atoms with van der Waals surface area (Å²) >= 11 is 12.5. The van der Waals surface area contributed by atoms with Gasteiger partial charge in [-0.2, -0.15) is 0 Å². The fourth-order valence-electron chi connectivity index (χ4n) is 4.39. The third-order valence-corrected chi connectivity index (χ3v) is 6.76. The predicted molar refractivity (Wildman–Crippen MR) is 99.2 cm³/mol. The summed E-state index contributed by atoms with van der Waals surface area (Å²) in [5.74, 6) is -0.582. The summed E-state index contributed by atoms with van der Waals surface area (Å²) in [7, 11) is 0. The zero-order valence-corrected chi connectivity index (χ0v) is 16.0. The maximum atomic E-state index is 14.7. The number of carbonyl (C=O) groups excluding carboxylic acids is 1. The highest BCUT2D eigenvalue weighted by Crippen LogP contribution is 2.50. The number of hydrogen-bond acceptors (Lipinski definition) is 2. The van der Waals surface area contributed by atoms with E-state index in [1.165, 1.54) is 12.1 Å². The van der Waals surface area contributed by atoms with Gasteiger partial charge in [-0.15, -0.1) is 0 Å². The minimum Gasteiger partial charge on any atom is -0.348 e. The maximum absolute atomic E-state index is 14.7. The third kappa shape index (κ3) is 3.81. The molecule has 2 fully saturated rings. The van der Waals surface area contributed by atoms with Crippen molar-refractivity contribution in [1.29, 1.82) is 0 Å². The fourth-order valence-corrected chi connectivity index (χ4v) is 4.82. The summed E-state index contributed by atoms with van der Waals surface area (Å²) < 4.78 is 14.7. The lowest BCUT2D eigenvalue weighted by atomic mass is 9.76. The molecular weight excluding hydrogens is 362 g/mol. The van der Waals surface area contributed by atoms with E-state index in [1.54, 1.807) is 0 Å². The molecule has 1 unspecified atom stereocenters. The lowest BCUT2D eigenvalue weighted by molar-refractivity contribution is -0.126. The Bertz CT molecular complexity index is 661. The van der Waals surface area contributed by atoms with Crippen LogP contribution in [-0.4, -0.2) is 11.9 Å². The Hall–Kier alpha value is -0.840. The molecular formula is C19H25Cl2FN2O. The van der Waals surface area contributed by atoms with Gasteiger partial charge in [-0.25, -0.2) is 4.39 Å². The van der Waals surface area contributed by atoms with Crippen molar-refractivity contribution >= 4 is 29.1 Å². The Kier molecular flexibility index (Phi) is 5.62. The molecule has 138 valence electrons. The molecule has 2 aliphatic carbocycles. The highest BCUT2D eigenvalue weighted by Gasteiger charge is 2.42. The third-order valence-electron chi connectivity index (χ3n) is 5.94. The zero-order chi connectivity index (χ0) is 18.2. The second-order valence-electron chi connectivity index (χ2n) is 7.83. The van der Waals surface area contributed by atoms with Gasteiger partial charge in [0.2, 0.25) is 5.91 Å². The second-order valence-corrected chi connectivity index (χ2v) is 8.61. The number of nitrogens with two attached hydrogens (primary N) is 1. The molecule has 3 nitrogen and oxygen atoms in total. The average molecular weight is 387 g/mol. The van der Waals surface area contributed by atoms with Crippen LogP contribution >= 0.6 is 23.2 Å². The molecule has 0 aromatic heterocycles. The molecule has 6 heteroatoms. The zero-order valence-electron chi connectivity index (χ0n) is 14.5. The van der Waals surface area contributed by atoms with E-state index in [2.05, 4.69) is 12.2 Å². The number of amides is 1. The number of benzene rings is 1. The van der Waals surface area contributed by atoms with Crippen molar-refractivity contribution in [2.24, 2.45) is 17.1 Å². The smallest absolute Gasteiger partial charge is 0.223 e. The first-order chi connectivity index (χ1) is 11.8. The van der Waals surface area contributed by atoms with Crippen molar-refractivity contribution in [3.63, 3.8) is 0 Å². The Morgan fingerprint density at radius 2 is 2.00 bits per heavy atom. The Balaban J connectivity index is 1.94. The van der Waals surface area contributed by atoms with E-state index >= 15 is 0 Å². The molecule has 2 saturated carbocycles. The Morgan fingerprint density at radius 3 is 2.60 bits per heavy atom. The highest BCUT2D eigenvalue weighted by atomic mass is 35.5. The molecule has 0 heterocycles. The topological polar surface area (TPSA) is 55.1 Å². The van der Waals surface area contributed by atoms with Gasteiger partial charge in [-0.05, 0) is 49.7 Å². The van der Waals surface area contributed by atoms with Gasteiger partial charge in [0.25, 0.3) is 0 Å². The van der Waals surface area contributed by atoms with Crippen molar-refractivity contribution in [2.75, 3.05) is 0 Å². The summed E-state index contributed by atoms with van der Waals surface area (Å²) in [5, 5.41) is 3.61. The van der Waals surface area contributed by atoms with Gasteiger partial charge in [0.15, 0.2) is 0 Å². The molecule has 2 aliphatic rings. The first kappa shape index (κ1) is 18.9. The summed E-state index contributed by atoms with van der Waals surface area (Å²) in [4.78, 5) is 12.8. The molecule has 3 atom stereocenters. The molecule has 25 heavy (non-hydrogen) atoms. The van der Waals surface area contributed by atoms with Crippen LogP contribution in [0.3, 0.4) is 0 Å². The lowest BCUT2D eigenvalue weighted by Crippen LogP contribution is -2.41. The van der Waals surface area contributed by atoms with Crippen molar-refractivity contribution in [1.82, 2.24) is 5.32 Å². The lowest BCUT2D eigenvalue weighted by Gasteiger charge is -2.36. The summed E-state index contributed by atoms with van der Waals surface area (Å²) in [6.07, 6.45) is 6.29. The van der Waals surface area contributed by atoms with Crippen LogP contribution in [0.5, 0.6) is 0 Å². The van der Waals surface area contributed by atoms with Crippen molar-refractivity contribution in [2.45, 2.75) is 64.0 Å². The number of hydrogen-bond donors (Lipinski definition) is 2. The molecule has 1 amide bonds. The van der Waals surface area contributed by atoms with E-state index < -0.39 is 11.9 Å². The van der Waals surface area contributed by atoms with Gasteiger partial charge in [0.1, 0.15) is 5.82 Å². The molecule has 0 radical (unpaired) electrons. The van der Waals surface area contributed by atoms with Crippen LogP contribution in [-0.2, 0) is 4.79 Å². The number of nitrogens with one attached hydrogen (secondary N) is 1. The standard InChI is InChI=1S/C19H25Cl2FN2O/c1-19(8-2-3-9-19)17(15-14(22)7-6-13(20)16(15)21)24-18(25)11-4-5-12(23)10-11/h6-7,11-12,17H,2-5,8-10,23H2,1H3,(H,24,25)/t11-,12-,17?/m1/s1. The predicted octanol–water partition coefficient (Wildman–Crippen LogP) is 5.00. The van der Waals surface area contributed by atoms with Gasteiger partial charge in [-0.1, -0.05) is 43.0 Å². The highest BCUT2D eigenvalue weighted by molar-refractivity contribution is 6.42. The van der Waals surface area contributed by atoms with Crippen molar-refractivity contribution < 1.29 is 9.18 Å². The summed E-state index contributed by atoms with van der Waals surface area (Å²) in [5.41, 5.74) is 6.03. The van der Waals surface area contributed by atoms with Crippen molar-refractivity contribution in [3.8, 4) is 0 Å². The largest absolute Gasteiger partial charge is 0.348 e. The van der Waals surface area contributed by atoms with Gasteiger partial charge < -0.3 is 11.1 Å². The van der Waals surface area contributed by atoms with Crippen LogP contribution < -0.4 is 11.1 Å². The molecule has 1 aromatic rings. The van der Waals surface area contributed by atoms with Gasteiger partial charge in [0.05, 0.1) is 16.1 Å². The minimum atomic E-state index is -0.481. The van der Waals surface area contributed by atoms with Crippen LogP contribution in [0.1, 0.15) is 63.5 Å². The van der Waals surface area contributed by atoms with E-state index in [0.717, 1.165) is 38.5 Å².